The third-order valence-corrected chi connectivity index (χ3v) is 3.71. The summed E-state index contributed by atoms with van der Waals surface area (Å²) in [5.74, 6) is -0.359. The first-order chi connectivity index (χ1) is 8.65. The average molecular weight is 250 g/mol. The quantitative estimate of drug-likeness (QED) is 0.768. The van der Waals surface area contributed by atoms with Crippen LogP contribution in [0.15, 0.2) is 18.2 Å². The summed E-state index contributed by atoms with van der Waals surface area (Å²) in [7, 11) is 2.12. The standard InChI is InChI=1S/C14H19FN2O/c1-3-13-9-17(7-6-16(13)2)14-5-4-12(15)8-11(14)10-18/h4-5,8,10,13H,3,6-7,9H2,1-2H3. The maximum Gasteiger partial charge on any atom is 0.152 e. The number of nitrogens with zero attached hydrogens (tertiary/aromatic N) is 2. The maximum atomic E-state index is 13.1. The molecule has 1 aliphatic rings. The van der Waals surface area contributed by atoms with Crippen LogP contribution < -0.4 is 4.90 Å². The predicted molar refractivity (Wildman–Crippen MR) is 70.7 cm³/mol. The third-order valence-electron chi connectivity index (χ3n) is 3.71. The van der Waals surface area contributed by atoms with E-state index in [9.17, 15) is 9.18 Å². The van der Waals surface area contributed by atoms with E-state index < -0.39 is 0 Å². The lowest BCUT2D eigenvalue weighted by atomic mass is 10.1. The molecule has 0 bridgehead atoms. The lowest BCUT2D eigenvalue weighted by Crippen LogP contribution is -2.51. The van der Waals surface area contributed by atoms with Gasteiger partial charge in [-0.1, -0.05) is 6.92 Å². The molecule has 0 N–H and O–H groups in total. The Morgan fingerprint density at radius 1 is 1.44 bits per heavy atom. The Labute approximate surface area is 107 Å². The molecule has 1 saturated heterocycles. The van der Waals surface area contributed by atoms with Crippen LogP contribution in [-0.2, 0) is 0 Å². The van der Waals surface area contributed by atoms with E-state index in [1.807, 2.05) is 0 Å². The van der Waals surface area contributed by atoms with Crippen molar-refractivity contribution in [3.8, 4) is 0 Å². The van der Waals surface area contributed by atoms with Gasteiger partial charge in [0.15, 0.2) is 6.29 Å². The SMILES string of the molecule is CCC1CN(c2ccc(F)cc2C=O)CCN1C. The number of carbonyl (C=O) groups is 1. The van der Waals surface area contributed by atoms with Crippen molar-refractivity contribution in [3.63, 3.8) is 0 Å². The van der Waals surface area contributed by atoms with E-state index >= 15 is 0 Å². The van der Waals surface area contributed by atoms with E-state index in [4.69, 9.17) is 0 Å². The van der Waals surface area contributed by atoms with Gasteiger partial charge in [0.05, 0.1) is 0 Å². The van der Waals surface area contributed by atoms with Gasteiger partial charge in [-0.15, -0.1) is 0 Å². The first kappa shape index (κ1) is 13.0. The molecule has 1 atom stereocenters. The maximum absolute atomic E-state index is 13.1. The summed E-state index contributed by atoms with van der Waals surface area (Å²) in [5, 5.41) is 0. The van der Waals surface area contributed by atoms with Gasteiger partial charge in [0.2, 0.25) is 0 Å². The minimum atomic E-state index is -0.359. The van der Waals surface area contributed by atoms with Crippen LogP contribution in [0.1, 0.15) is 23.7 Å². The monoisotopic (exact) mass is 250 g/mol. The first-order valence-corrected chi connectivity index (χ1v) is 6.35. The zero-order valence-corrected chi connectivity index (χ0v) is 10.9. The summed E-state index contributed by atoms with van der Waals surface area (Å²) in [5.41, 5.74) is 1.28. The van der Waals surface area contributed by atoms with E-state index in [0.29, 0.717) is 11.6 Å². The van der Waals surface area contributed by atoms with Crippen molar-refractivity contribution in [3.05, 3.63) is 29.6 Å². The summed E-state index contributed by atoms with van der Waals surface area (Å²) in [6.07, 6.45) is 1.81. The number of aldehydes is 1. The number of likely N-dealkylation sites (N-methyl/N-ethyl adjacent to an activating group) is 1. The highest BCUT2D eigenvalue weighted by Crippen LogP contribution is 2.23. The molecule has 0 saturated carbocycles. The average Bonchev–Trinajstić information content (AvgIpc) is 2.39. The minimum Gasteiger partial charge on any atom is -0.368 e. The normalized spacial score (nSPS) is 21.1. The zero-order chi connectivity index (χ0) is 13.1. The Bertz CT molecular complexity index is 436. The van der Waals surface area contributed by atoms with Crippen LogP contribution >= 0.6 is 0 Å². The molecule has 2 rings (SSSR count). The Kier molecular flexibility index (Phi) is 3.97. The second kappa shape index (κ2) is 5.48. The summed E-state index contributed by atoms with van der Waals surface area (Å²) in [6.45, 7) is 4.89. The van der Waals surface area contributed by atoms with E-state index in [1.165, 1.54) is 12.1 Å². The molecule has 1 aromatic rings. The van der Waals surface area contributed by atoms with E-state index in [2.05, 4.69) is 23.8 Å². The van der Waals surface area contributed by atoms with Crippen molar-refractivity contribution < 1.29 is 9.18 Å². The number of hydrogen-bond acceptors (Lipinski definition) is 3. The molecule has 1 aromatic carbocycles. The summed E-state index contributed by atoms with van der Waals surface area (Å²) in [6, 6.07) is 4.92. The molecule has 1 fully saturated rings. The molecule has 98 valence electrons. The third kappa shape index (κ3) is 2.53. The predicted octanol–water partition coefficient (Wildman–Crippen LogP) is 2.17. The Hall–Kier alpha value is -1.42. The van der Waals surface area contributed by atoms with Crippen molar-refractivity contribution in [1.29, 1.82) is 0 Å². The van der Waals surface area contributed by atoms with Gasteiger partial charge in [0.1, 0.15) is 5.82 Å². The largest absolute Gasteiger partial charge is 0.368 e. The summed E-state index contributed by atoms with van der Waals surface area (Å²) >= 11 is 0. The Morgan fingerprint density at radius 2 is 2.22 bits per heavy atom. The second-order valence-electron chi connectivity index (χ2n) is 4.81. The van der Waals surface area contributed by atoms with Crippen LogP contribution in [0, 0.1) is 5.82 Å². The Morgan fingerprint density at radius 3 is 2.89 bits per heavy atom. The van der Waals surface area contributed by atoms with E-state index in [1.54, 1.807) is 6.07 Å². The van der Waals surface area contributed by atoms with Gasteiger partial charge < -0.3 is 4.90 Å². The van der Waals surface area contributed by atoms with Gasteiger partial charge >= 0.3 is 0 Å². The number of carbonyl (C=O) groups excluding carboxylic acids is 1. The van der Waals surface area contributed by atoms with Crippen molar-refractivity contribution in [1.82, 2.24) is 4.90 Å². The second-order valence-corrected chi connectivity index (χ2v) is 4.81. The minimum absolute atomic E-state index is 0.359. The number of anilines is 1. The van der Waals surface area contributed by atoms with E-state index in [0.717, 1.165) is 38.0 Å². The lowest BCUT2D eigenvalue weighted by Gasteiger charge is -2.40. The van der Waals surface area contributed by atoms with Crippen molar-refractivity contribution in [2.75, 3.05) is 31.6 Å². The fraction of sp³-hybridized carbons (Fsp3) is 0.500. The number of hydrogen-bond donors (Lipinski definition) is 0. The topological polar surface area (TPSA) is 23.6 Å². The van der Waals surface area contributed by atoms with Crippen LogP contribution in [0.5, 0.6) is 0 Å². The van der Waals surface area contributed by atoms with Crippen molar-refractivity contribution in [2.45, 2.75) is 19.4 Å². The number of benzene rings is 1. The molecule has 1 aliphatic heterocycles. The molecule has 18 heavy (non-hydrogen) atoms. The molecule has 1 heterocycles. The molecule has 0 radical (unpaired) electrons. The zero-order valence-electron chi connectivity index (χ0n) is 10.9. The number of halogens is 1. The highest BCUT2D eigenvalue weighted by atomic mass is 19.1. The lowest BCUT2D eigenvalue weighted by molar-refractivity contribution is 0.112. The fourth-order valence-electron chi connectivity index (χ4n) is 2.51. The van der Waals surface area contributed by atoms with Crippen molar-refractivity contribution in [2.24, 2.45) is 0 Å². The highest BCUT2D eigenvalue weighted by Gasteiger charge is 2.24. The fourth-order valence-corrected chi connectivity index (χ4v) is 2.51. The van der Waals surface area contributed by atoms with Crippen LogP contribution in [0.2, 0.25) is 0 Å². The summed E-state index contributed by atoms with van der Waals surface area (Å²) in [4.78, 5) is 15.5. The van der Waals surface area contributed by atoms with Gasteiger partial charge in [0.25, 0.3) is 0 Å². The molecule has 3 nitrogen and oxygen atoms in total. The molecule has 4 heteroatoms. The van der Waals surface area contributed by atoms with Gasteiger partial charge in [0, 0.05) is 36.9 Å². The van der Waals surface area contributed by atoms with Crippen molar-refractivity contribution >= 4 is 12.0 Å². The smallest absolute Gasteiger partial charge is 0.152 e. The van der Waals surface area contributed by atoms with Crippen LogP contribution in [0.25, 0.3) is 0 Å². The molecule has 0 aliphatic carbocycles. The Balaban J connectivity index is 2.24. The highest BCUT2D eigenvalue weighted by molar-refractivity contribution is 5.84. The molecule has 0 aromatic heterocycles. The molecular weight excluding hydrogens is 231 g/mol. The van der Waals surface area contributed by atoms with Gasteiger partial charge in [-0.2, -0.15) is 0 Å². The number of piperazine rings is 1. The molecule has 0 amide bonds. The van der Waals surface area contributed by atoms with Gasteiger partial charge in [-0.05, 0) is 31.7 Å². The van der Waals surface area contributed by atoms with Gasteiger partial charge in [-0.3, -0.25) is 9.69 Å². The van der Waals surface area contributed by atoms with Crippen LogP contribution in [0.3, 0.4) is 0 Å². The first-order valence-electron chi connectivity index (χ1n) is 6.35. The van der Waals surface area contributed by atoms with Crippen LogP contribution in [-0.4, -0.2) is 43.9 Å². The van der Waals surface area contributed by atoms with Gasteiger partial charge in [-0.25, -0.2) is 4.39 Å². The van der Waals surface area contributed by atoms with E-state index in [-0.39, 0.29) is 5.82 Å². The molecular formula is C14H19FN2O. The molecule has 0 spiro atoms. The number of rotatable bonds is 3. The molecule has 1 unspecified atom stereocenters. The van der Waals surface area contributed by atoms with Crippen LogP contribution in [0.4, 0.5) is 10.1 Å². The summed E-state index contributed by atoms with van der Waals surface area (Å²) < 4.78 is 13.1.